The van der Waals surface area contributed by atoms with Gasteiger partial charge in [0, 0.05) is 0 Å². The number of carbonyl (C=O) groups is 1. The van der Waals surface area contributed by atoms with Gasteiger partial charge in [0.05, 0.1) is 28.6 Å². The Labute approximate surface area is 151 Å². The summed E-state index contributed by atoms with van der Waals surface area (Å²) in [6, 6.07) is 14.2. The Morgan fingerprint density at radius 1 is 1.21 bits per heavy atom. The van der Waals surface area contributed by atoms with E-state index in [0.29, 0.717) is 22.2 Å². The summed E-state index contributed by atoms with van der Waals surface area (Å²) < 4.78 is 5.44. The molecule has 0 saturated carbocycles. The smallest absolute Gasteiger partial charge is 0.258 e. The molecule has 2 aromatic rings. The SMILES string of the molecule is CC(NC(=O)COc1ccc(CC#N)cc1)c1ccc(Cl)c(Cl)c1. The standard InChI is InChI=1S/C18H16Cl2N2O2/c1-12(14-4-7-16(19)17(20)10-14)22-18(23)11-24-15-5-2-13(3-6-15)8-9-21/h2-7,10,12H,8,11H2,1H3,(H,22,23). The van der Waals surface area contributed by atoms with Crippen LogP contribution in [0.15, 0.2) is 42.5 Å². The molecular formula is C18H16Cl2N2O2. The molecule has 0 radical (unpaired) electrons. The summed E-state index contributed by atoms with van der Waals surface area (Å²) in [5.41, 5.74) is 1.76. The maximum absolute atomic E-state index is 12.0. The number of hydrogen-bond donors (Lipinski definition) is 1. The normalized spacial score (nSPS) is 11.4. The van der Waals surface area contributed by atoms with Crippen molar-refractivity contribution < 1.29 is 9.53 Å². The Morgan fingerprint density at radius 2 is 1.92 bits per heavy atom. The molecule has 1 atom stereocenters. The molecule has 24 heavy (non-hydrogen) atoms. The molecule has 4 nitrogen and oxygen atoms in total. The zero-order valence-corrected chi connectivity index (χ0v) is 14.6. The first kappa shape index (κ1) is 18.1. The topological polar surface area (TPSA) is 62.1 Å². The van der Waals surface area contributed by atoms with Crippen molar-refractivity contribution in [3.05, 3.63) is 63.6 Å². The number of carbonyl (C=O) groups excluding carboxylic acids is 1. The van der Waals surface area contributed by atoms with E-state index in [1.807, 2.05) is 13.0 Å². The fourth-order valence-corrected chi connectivity index (χ4v) is 2.40. The Kier molecular flexibility index (Phi) is 6.48. The minimum atomic E-state index is -0.241. The molecule has 0 aliphatic rings. The lowest BCUT2D eigenvalue weighted by Crippen LogP contribution is -2.31. The van der Waals surface area contributed by atoms with E-state index in [1.165, 1.54) is 0 Å². The highest BCUT2D eigenvalue weighted by molar-refractivity contribution is 6.42. The van der Waals surface area contributed by atoms with Gasteiger partial charge in [0.25, 0.3) is 5.91 Å². The number of ether oxygens (including phenoxy) is 1. The van der Waals surface area contributed by atoms with E-state index in [-0.39, 0.29) is 18.6 Å². The van der Waals surface area contributed by atoms with Crippen molar-refractivity contribution in [3.63, 3.8) is 0 Å². The van der Waals surface area contributed by atoms with Crippen LogP contribution in [0.1, 0.15) is 24.1 Å². The first-order valence-electron chi connectivity index (χ1n) is 7.32. The average Bonchev–Trinajstić information content (AvgIpc) is 2.57. The molecule has 6 heteroatoms. The van der Waals surface area contributed by atoms with Gasteiger partial charge in [-0.15, -0.1) is 0 Å². The molecule has 0 fully saturated rings. The first-order valence-corrected chi connectivity index (χ1v) is 8.08. The van der Waals surface area contributed by atoms with Gasteiger partial charge in [-0.25, -0.2) is 0 Å². The van der Waals surface area contributed by atoms with Crippen molar-refractivity contribution in [1.29, 1.82) is 5.26 Å². The highest BCUT2D eigenvalue weighted by atomic mass is 35.5. The molecule has 0 aromatic heterocycles. The molecule has 1 amide bonds. The monoisotopic (exact) mass is 362 g/mol. The summed E-state index contributed by atoms with van der Waals surface area (Å²) in [6.07, 6.45) is 0.349. The van der Waals surface area contributed by atoms with Crippen LogP contribution >= 0.6 is 23.2 Å². The lowest BCUT2D eigenvalue weighted by atomic mass is 10.1. The van der Waals surface area contributed by atoms with Gasteiger partial charge in [0.15, 0.2) is 6.61 Å². The van der Waals surface area contributed by atoms with Crippen LogP contribution in [0.4, 0.5) is 0 Å². The van der Waals surface area contributed by atoms with Gasteiger partial charge < -0.3 is 10.1 Å². The number of amides is 1. The average molecular weight is 363 g/mol. The maximum atomic E-state index is 12.0. The van der Waals surface area contributed by atoms with Gasteiger partial charge in [-0.2, -0.15) is 5.26 Å². The summed E-state index contributed by atoms with van der Waals surface area (Å²) >= 11 is 11.9. The molecule has 2 aromatic carbocycles. The van der Waals surface area contributed by atoms with E-state index in [9.17, 15) is 4.79 Å². The van der Waals surface area contributed by atoms with Crippen molar-refractivity contribution in [2.24, 2.45) is 0 Å². The lowest BCUT2D eigenvalue weighted by molar-refractivity contribution is -0.123. The number of nitrogens with one attached hydrogen (secondary N) is 1. The Bertz CT molecular complexity index is 755. The van der Waals surface area contributed by atoms with E-state index in [2.05, 4.69) is 11.4 Å². The Morgan fingerprint density at radius 3 is 2.54 bits per heavy atom. The summed E-state index contributed by atoms with van der Waals surface area (Å²) in [7, 11) is 0. The predicted octanol–water partition coefficient (Wildman–Crippen LogP) is 4.32. The molecule has 1 unspecified atom stereocenters. The van der Waals surface area contributed by atoms with Gasteiger partial charge in [-0.05, 0) is 42.3 Å². The van der Waals surface area contributed by atoms with Crippen molar-refractivity contribution in [2.45, 2.75) is 19.4 Å². The molecule has 2 rings (SSSR count). The number of hydrogen-bond acceptors (Lipinski definition) is 3. The summed E-state index contributed by atoms with van der Waals surface area (Å²) in [5.74, 6) is 0.337. The number of benzene rings is 2. The first-order chi connectivity index (χ1) is 11.5. The molecule has 0 spiro atoms. The summed E-state index contributed by atoms with van der Waals surface area (Å²) in [4.78, 5) is 12.0. The fourth-order valence-electron chi connectivity index (χ4n) is 2.09. The van der Waals surface area contributed by atoms with Crippen LogP contribution in [0, 0.1) is 11.3 Å². The molecule has 0 bridgehead atoms. The lowest BCUT2D eigenvalue weighted by Gasteiger charge is -2.15. The summed E-state index contributed by atoms with van der Waals surface area (Å²) in [6.45, 7) is 1.76. The van der Waals surface area contributed by atoms with Gasteiger partial charge in [0.2, 0.25) is 0 Å². The third kappa shape index (κ3) is 5.16. The molecule has 124 valence electrons. The molecular weight excluding hydrogens is 347 g/mol. The quantitative estimate of drug-likeness (QED) is 0.832. The van der Waals surface area contributed by atoms with Gasteiger partial charge in [-0.3, -0.25) is 4.79 Å². The Hall–Kier alpha value is -2.22. The second kappa shape index (κ2) is 8.58. The van der Waals surface area contributed by atoms with Crippen LogP contribution in [0.5, 0.6) is 5.75 Å². The van der Waals surface area contributed by atoms with Crippen LogP contribution < -0.4 is 10.1 Å². The predicted molar refractivity (Wildman–Crippen MR) is 94.3 cm³/mol. The van der Waals surface area contributed by atoms with Gasteiger partial charge in [-0.1, -0.05) is 41.4 Å². The van der Waals surface area contributed by atoms with Crippen LogP contribution in [-0.4, -0.2) is 12.5 Å². The van der Waals surface area contributed by atoms with Gasteiger partial charge >= 0.3 is 0 Å². The third-order valence-corrected chi connectivity index (χ3v) is 4.14. The Balaban J connectivity index is 1.86. The van der Waals surface area contributed by atoms with E-state index >= 15 is 0 Å². The minimum absolute atomic E-state index is 0.0940. The minimum Gasteiger partial charge on any atom is -0.484 e. The van der Waals surface area contributed by atoms with Crippen LogP contribution in [0.25, 0.3) is 0 Å². The fraction of sp³-hybridized carbons (Fsp3) is 0.222. The van der Waals surface area contributed by atoms with E-state index < -0.39 is 0 Å². The van der Waals surface area contributed by atoms with Crippen LogP contribution in [0.2, 0.25) is 10.0 Å². The van der Waals surface area contributed by atoms with Crippen molar-refractivity contribution in [1.82, 2.24) is 5.32 Å². The molecule has 0 aliphatic heterocycles. The number of nitriles is 1. The van der Waals surface area contributed by atoms with E-state index in [1.54, 1.807) is 36.4 Å². The zero-order chi connectivity index (χ0) is 17.5. The largest absolute Gasteiger partial charge is 0.484 e. The summed E-state index contributed by atoms with van der Waals surface area (Å²) in [5, 5.41) is 12.4. The number of rotatable bonds is 6. The number of halogens is 2. The molecule has 0 saturated heterocycles. The van der Waals surface area contributed by atoms with E-state index in [0.717, 1.165) is 11.1 Å². The second-order valence-electron chi connectivity index (χ2n) is 5.23. The third-order valence-electron chi connectivity index (χ3n) is 3.40. The van der Waals surface area contributed by atoms with Crippen molar-refractivity contribution >= 4 is 29.1 Å². The van der Waals surface area contributed by atoms with Crippen molar-refractivity contribution in [3.8, 4) is 11.8 Å². The zero-order valence-electron chi connectivity index (χ0n) is 13.1. The highest BCUT2D eigenvalue weighted by Crippen LogP contribution is 2.25. The van der Waals surface area contributed by atoms with Gasteiger partial charge in [0.1, 0.15) is 5.75 Å². The van der Waals surface area contributed by atoms with Crippen LogP contribution in [-0.2, 0) is 11.2 Å². The second-order valence-corrected chi connectivity index (χ2v) is 6.04. The van der Waals surface area contributed by atoms with E-state index in [4.69, 9.17) is 33.2 Å². The van der Waals surface area contributed by atoms with Crippen molar-refractivity contribution in [2.75, 3.05) is 6.61 Å². The maximum Gasteiger partial charge on any atom is 0.258 e. The number of nitrogens with zero attached hydrogens (tertiary/aromatic N) is 1. The van der Waals surface area contributed by atoms with Crippen LogP contribution in [0.3, 0.4) is 0 Å². The highest BCUT2D eigenvalue weighted by Gasteiger charge is 2.11. The molecule has 0 heterocycles. The molecule has 1 N–H and O–H groups in total. The molecule has 0 aliphatic carbocycles.